The second kappa shape index (κ2) is 3.48. The number of hydrogen-bond donors (Lipinski definition) is 2. The molecule has 13 heavy (non-hydrogen) atoms. The Kier molecular flexibility index (Phi) is 2.34. The highest BCUT2D eigenvalue weighted by Gasteiger charge is 2.30. The van der Waals surface area contributed by atoms with Crippen LogP contribution in [-0.4, -0.2) is 17.4 Å². The Morgan fingerprint density at radius 3 is 2.54 bits per heavy atom. The Balaban J connectivity index is 2.18. The maximum atomic E-state index is 9.70. The molecule has 0 aliphatic carbocycles. The highest BCUT2D eigenvalue weighted by atomic mass is 16.3. The first-order valence-electron chi connectivity index (χ1n) is 4.76. The van der Waals surface area contributed by atoms with Crippen LogP contribution in [0.4, 0.5) is 0 Å². The molecule has 1 fully saturated rings. The number of aliphatic hydroxyl groups excluding tert-OH is 1. The van der Waals surface area contributed by atoms with Gasteiger partial charge in [0.15, 0.2) is 0 Å². The minimum Gasteiger partial charge on any atom is -0.378 e. The fraction of sp³-hybridized carbons (Fsp3) is 0.455. The third kappa shape index (κ3) is 1.74. The van der Waals surface area contributed by atoms with E-state index < -0.39 is 0 Å². The van der Waals surface area contributed by atoms with E-state index in [2.05, 4.69) is 24.4 Å². The fourth-order valence-corrected chi connectivity index (χ4v) is 2.00. The Morgan fingerprint density at radius 2 is 2.00 bits per heavy atom. The van der Waals surface area contributed by atoms with Gasteiger partial charge in [0.25, 0.3) is 0 Å². The molecule has 2 heteroatoms. The van der Waals surface area contributed by atoms with Gasteiger partial charge in [0, 0.05) is 12.0 Å². The average Bonchev–Trinajstić information content (AvgIpc) is 2.47. The van der Waals surface area contributed by atoms with Crippen molar-refractivity contribution in [3.8, 4) is 0 Å². The Morgan fingerprint density at radius 1 is 1.31 bits per heavy atom. The average molecular weight is 177 g/mol. The summed E-state index contributed by atoms with van der Waals surface area (Å²) in [5.41, 5.74) is 1.23. The molecule has 0 amide bonds. The first-order chi connectivity index (χ1) is 6.27. The van der Waals surface area contributed by atoms with Gasteiger partial charge in [-0.2, -0.15) is 0 Å². The number of benzene rings is 1. The third-order valence-electron chi connectivity index (χ3n) is 2.67. The van der Waals surface area contributed by atoms with Crippen molar-refractivity contribution in [1.82, 2.24) is 5.32 Å². The fourth-order valence-electron chi connectivity index (χ4n) is 2.00. The lowest BCUT2D eigenvalue weighted by Crippen LogP contribution is -2.28. The highest BCUT2D eigenvalue weighted by Crippen LogP contribution is 2.28. The molecule has 0 radical (unpaired) electrons. The summed E-state index contributed by atoms with van der Waals surface area (Å²) in [5, 5.41) is 12.8. The maximum Gasteiger partial charge on any atom is 0.112 e. The molecule has 2 nitrogen and oxygen atoms in total. The topological polar surface area (TPSA) is 32.3 Å². The van der Waals surface area contributed by atoms with Crippen molar-refractivity contribution in [2.45, 2.75) is 31.5 Å². The predicted molar refractivity (Wildman–Crippen MR) is 52.4 cm³/mol. The summed E-state index contributed by atoms with van der Waals surface area (Å²) in [6, 6.07) is 10.6. The van der Waals surface area contributed by atoms with E-state index in [4.69, 9.17) is 0 Å². The molecule has 2 rings (SSSR count). The molecular weight excluding hydrogens is 162 g/mol. The monoisotopic (exact) mass is 177 g/mol. The van der Waals surface area contributed by atoms with Gasteiger partial charge in [0.05, 0.1) is 0 Å². The van der Waals surface area contributed by atoms with E-state index in [0.717, 1.165) is 6.42 Å². The lowest BCUT2D eigenvalue weighted by atomic mass is 9.95. The zero-order chi connectivity index (χ0) is 9.26. The predicted octanol–water partition coefficient (Wildman–Crippen LogP) is 1.47. The molecular formula is C11H15NO. The van der Waals surface area contributed by atoms with E-state index in [9.17, 15) is 5.11 Å². The van der Waals surface area contributed by atoms with Crippen molar-refractivity contribution in [3.05, 3.63) is 35.9 Å². The zero-order valence-electron chi connectivity index (χ0n) is 7.77. The molecule has 3 atom stereocenters. The van der Waals surface area contributed by atoms with Crippen molar-refractivity contribution in [2.24, 2.45) is 0 Å². The Labute approximate surface area is 78.6 Å². The van der Waals surface area contributed by atoms with Crippen molar-refractivity contribution < 1.29 is 5.11 Å². The molecule has 3 unspecified atom stereocenters. The number of rotatable bonds is 1. The molecule has 0 spiro atoms. The van der Waals surface area contributed by atoms with Crippen LogP contribution in [0.1, 0.15) is 24.8 Å². The minimum absolute atomic E-state index is 0.260. The number of nitrogens with one attached hydrogen (secondary N) is 1. The van der Waals surface area contributed by atoms with Crippen molar-refractivity contribution in [3.63, 3.8) is 0 Å². The van der Waals surface area contributed by atoms with Crippen LogP contribution < -0.4 is 5.32 Å². The van der Waals surface area contributed by atoms with Gasteiger partial charge in [-0.1, -0.05) is 30.3 Å². The smallest absolute Gasteiger partial charge is 0.112 e. The molecule has 1 heterocycles. The third-order valence-corrected chi connectivity index (χ3v) is 2.67. The summed E-state index contributed by atoms with van der Waals surface area (Å²) in [6.07, 6.45) is 0.642. The SMILES string of the molecule is CC1CC(c2ccccc2)C(O)N1. The summed E-state index contributed by atoms with van der Waals surface area (Å²) in [6.45, 7) is 2.10. The van der Waals surface area contributed by atoms with Gasteiger partial charge in [0.2, 0.25) is 0 Å². The largest absolute Gasteiger partial charge is 0.378 e. The van der Waals surface area contributed by atoms with Crippen LogP contribution in [0.3, 0.4) is 0 Å². The second-order valence-electron chi connectivity index (χ2n) is 3.77. The van der Waals surface area contributed by atoms with Gasteiger partial charge < -0.3 is 5.11 Å². The van der Waals surface area contributed by atoms with E-state index in [1.54, 1.807) is 0 Å². The molecule has 0 bridgehead atoms. The van der Waals surface area contributed by atoms with Crippen molar-refractivity contribution in [1.29, 1.82) is 0 Å². The van der Waals surface area contributed by atoms with Gasteiger partial charge in [0.1, 0.15) is 6.23 Å². The van der Waals surface area contributed by atoms with Crippen LogP contribution in [0.15, 0.2) is 30.3 Å². The van der Waals surface area contributed by atoms with Crippen LogP contribution in [0.2, 0.25) is 0 Å². The summed E-state index contributed by atoms with van der Waals surface area (Å²) < 4.78 is 0. The molecule has 1 aromatic carbocycles. The summed E-state index contributed by atoms with van der Waals surface area (Å²) in [4.78, 5) is 0. The first-order valence-corrected chi connectivity index (χ1v) is 4.76. The van der Waals surface area contributed by atoms with Gasteiger partial charge in [-0.15, -0.1) is 0 Å². The van der Waals surface area contributed by atoms with Crippen LogP contribution in [0.5, 0.6) is 0 Å². The van der Waals surface area contributed by atoms with Gasteiger partial charge >= 0.3 is 0 Å². The minimum atomic E-state index is -0.377. The van der Waals surface area contributed by atoms with E-state index in [-0.39, 0.29) is 12.1 Å². The van der Waals surface area contributed by atoms with E-state index in [1.807, 2.05) is 18.2 Å². The standard InChI is InChI=1S/C11H15NO/c1-8-7-10(11(13)12-8)9-5-3-2-4-6-9/h2-6,8,10-13H,7H2,1H3. The molecule has 1 aliphatic heterocycles. The Bertz CT molecular complexity index is 273. The molecule has 70 valence electrons. The lowest BCUT2D eigenvalue weighted by Gasteiger charge is -2.13. The molecule has 0 aromatic heterocycles. The molecule has 1 saturated heterocycles. The first kappa shape index (κ1) is 8.73. The zero-order valence-corrected chi connectivity index (χ0v) is 7.77. The van der Waals surface area contributed by atoms with E-state index in [1.165, 1.54) is 5.56 Å². The van der Waals surface area contributed by atoms with Crippen LogP contribution in [0, 0.1) is 0 Å². The quantitative estimate of drug-likeness (QED) is 0.681. The molecule has 1 aliphatic rings. The van der Waals surface area contributed by atoms with E-state index >= 15 is 0 Å². The van der Waals surface area contributed by atoms with Gasteiger partial charge in [-0.25, -0.2) is 0 Å². The molecule has 2 N–H and O–H groups in total. The number of aliphatic hydroxyl groups is 1. The normalized spacial score (nSPS) is 33.5. The highest BCUT2D eigenvalue weighted by molar-refractivity contribution is 5.22. The summed E-state index contributed by atoms with van der Waals surface area (Å²) in [5.74, 6) is 0.260. The molecule has 1 aromatic rings. The second-order valence-corrected chi connectivity index (χ2v) is 3.77. The van der Waals surface area contributed by atoms with Gasteiger partial charge in [-0.05, 0) is 18.9 Å². The van der Waals surface area contributed by atoms with Crippen LogP contribution >= 0.6 is 0 Å². The summed E-state index contributed by atoms with van der Waals surface area (Å²) in [7, 11) is 0. The van der Waals surface area contributed by atoms with Crippen LogP contribution in [0.25, 0.3) is 0 Å². The van der Waals surface area contributed by atoms with Gasteiger partial charge in [-0.3, -0.25) is 5.32 Å². The van der Waals surface area contributed by atoms with Crippen molar-refractivity contribution >= 4 is 0 Å². The molecule has 0 saturated carbocycles. The van der Waals surface area contributed by atoms with Crippen molar-refractivity contribution in [2.75, 3.05) is 0 Å². The number of hydrogen-bond acceptors (Lipinski definition) is 2. The summed E-state index contributed by atoms with van der Waals surface area (Å²) >= 11 is 0. The van der Waals surface area contributed by atoms with E-state index in [0.29, 0.717) is 6.04 Å². The maximum absolute atomic E-state index is 9.70. The lowest BCUT2D eigenvalue weighted by molar-refractivity contribution is 0.138. The Hall–Kier alpha value is -0.860. The van der Waals surface area contributed by atoms with Crippen LogP contribution in [-0.2, 0) is 0 Å².